The van der Waals surface area contributed by atoms with E-state index in [4.69, 9.17) is 0 Å². The van der Waals surface area contributed by atoms with Crippen LogP contribution < -0.4 is 10.6 Å². The Morgan fingerprint density at radius 1 is 1.18 bits per heavy atom. The Hall–Kier alpha value is -2.03. The normalized spacial score (nSPS) is 10.0. The Labute approximate surface area is 102 Å². The van der Waals surface area contributed by atoms with Gasteiger partial charge in [0.15, 0.2) is 0 Å². The number of nitrogens with one attached hydrogen (secondary N) is 2. The van der Waals surface area contributed by atoms with Crippen LogP contribution in [0, 0.1) is 6.92 Å². The van der Waals surface area contributed by atoms with Gasteiger partial charge >= 0.3 is 0 Å². The molecule has 3 nitrogen and oxygen atoms in total. The highest BCUT2D eigenvalue weighted by Crippen LogP contribution is 2.21. The number of rotatable bonds is 4. The summed E-state index contributed by atoms with van der Waals surface area (Å²) >= 11 is 0. The van der Waals surface area contributed by atoms with E-state index in [0.717, 1.165) is 23.7 Å². The topological polar surface area (TPSA) is 37.0 Å². The lowest BCUT2D eigenvalue weighted by Crippen LogP contribution is -2.00. The van der Waals surface area contributed by atoms with Gasteiger partial charge in [-0.15, -0.1) is 0 Å². The second-order valence-corrected chi connectivity index (χ2v) is 3.90. The van der Waals surface area contributed by atoms with Crippen molar-refractivity contribution in [1.82, 2.24) is 4.98 Å². The molecule has 1 heterocycles. The molecule has 0 aliphatic heterocycles. The molecular formula is C14H17N3. The molecule has 0 aliphatic carbocycles. The molecule has 1 aromatic carbocycles. The van der Waals surface area contributed by atoms with Crippen molar-refractivity contribution in [2.24, 2.45) is 0 Å². The van der Waals surface area contributed by atoms with Gasteiger partial charge < -0.3 is 10.6 Å². The van der Waals surface area contributed by atoms with Crippen LogP contribution in [-0.4, -0.2) is 11.5 Å². The first kappa shape index (κ1) is 11.5. The van der Waals surface area contributed by atoms with Crippen molar-refractivity contribution < 1.29 is 0 Å². The number of benzene rings is 1. The molecule has 0 spiro atoms. The van der Waals surface area contributed by atoms with Crippen LogP contribution in [0.5, 0.6) is 0 Å². The summed E-state index contributed by atoms with van der Waals surface area (Å²) in [4.78, 5) is 4.24. The molecule has 17 heavy (non-hydrogen) atoms. The quantitative estimate of drug-likeness (QED) is 0.838. The average Bonchev–Trinajstić information content (AvgIpc) is 2.33. The number of hydrogen-bond donors (Lipinski definition) is 2. The Bertz CT molecular complexity index is 494. The summed E-state index contributed by atoms with van der Waals surface area (Å²) in [5, 5.41) is 6.59. The van der Waals surface area contributed by atoms with Crippen molar-refractivity contribution in [2.75, 3.05) is 17.2 Å². The van der Waals surface area contributed by atoms with Gasteiger partial charge in [0.25, 0.3) is 0 Å². The van der Waals surface area contributed by atoms with Gasteiger partial charge in [0, 0.05) is 30.2 Å². The van der Waals surface area contributed by atoms with Crippen LogP contribution in [0.1, 0.15) is 12.5 Å². The van der Waals surface area contributed by atoms with Crippen molar-refractivity contribution >= 4 is 17.2 Å². The standard InChI is InChI=1S/C14H17N3/c1-3-15-14-10-12(8-9-16-14)17-13-7-5-4-6-11(13)2/h4-10H,3H2,1-2H3,(H2,15,16,17). The van der Waals surface area contributed by atoms with Gasteiger partial charge in [0.05, 0.1) is 0 Å². The summed E-state index contributed by atoms with van der Waals surface area (Å²) in [6, 6.07) is 12.2. The number of aromatic nitrogens is 1. The Morgan fingerprint density at radius 2 is 2.00 bits per heavy atom. The molecule has 0 radical (unpaired) electrons. The molecular weight excluding hydrogens is 210 g/mol. The van der Waals surface area contributed by atoms with E-state index in [1.807, 2.05) is 24.3 Å². The van der Waals surface area contributed by atoms with E-state index >= 15 is 0 Å². The maximum Gasteiger partial charge on any atom is 0.127 e. The number of nitrogens with zero attached hydrogens (tertiary/aromatic N) is 1. The van der Waals surface area contributed by atoms with Crippen molar-refractivity contribution in [3.8, 4) is 0 Å². The van der Waals surface area contributed by atoms with E-state index < -0.39 is 0 Å². The predicted molar refractivity (Wildman–Crippen MR) is 72.9 cm³/mol. The van der Waals surface area contributed by atoms with E-state index in [1.165, 1.54) is 5.56 Å². The SMILES string of the molecule is CCNc1cc(Nc2ccccc2C)ccn1. The lowest BCUT2D eigenvalue weighted by molar-refractivity contribution is 1.16. The second kappa shape index (κ2) is 5.34. The van der Waals surface area contributed by atoms with Gasteiger partial charge in [-0.1, -0.05) is 18.2 Å². The minimum atomic E-state index is 0.876. The Balaban J connectivity index is 2.18. The lowest BCUT2D eigenvalue weighted by Gasteiger charge is -2.10. The first-order chi connectivity index (χ1) is 8.29. The summed E-state index contributed by atoms with van der Waals surface area (Å²) in [7, 11) is 0. The maximum absolute atomic E-state index is 4.24. The maximum atomic E-state index is 4.24. The monoisotopic (exact) mass is 227 g/mol. The summed E-state index contributed by atoms with van der Waals surface area (Å²) in [5.41, 5.74) is 3.40. The molecule has 0 fully saturated rings. The number of pyridine rings is 1. The number of aryl methyl sites for hydroxylation is 1. The Kier molecular flexibility index (Phi) is 3.60. The zero-order valence-electron chi connectivity index (χ0n) is 10.2. The molecule has 2 aromatic rings. The number of hydrogen-bond acceptors (Lipinski definition) is 3. The van der Waals surface area contributed by atoms with Crippen molar-refractivity contribution in [3.63, 3.8) is 0 Å². The smallest absolute Gasteiger partial charge is 0.127 e. The molecule has 3 heteroatoms. The van der Waals surface area contributed by atoms with Crippen molar-refractivity contribution in [1.29, 1.82) is 0 Å². The van der Waals surface area contributed by atoms with Gasteiger partial charge in [-0.3, -0.25) is 0 Å². The highest BCUT2D eigenvalue weighted by molar-refractivity contribution is 5.64. The van der Waals surface area contributed by atoms with E-state index in [0.29, 0.717) is 0 Å². The lowest BCUT2D eigenvalue weighted by atomic mass is 10.2. The van der Waals surface area contributed by atoms with Crippen LogP contribution in [0.4, 0.5) is 17.2 Å². The van der Waals surface area contributed by atoms with Gasteiger partial charge in [0.2, 0.25) is 0 Å². The summed E-state index contributed by atoms with van der Waals surface area (Å²) < 4.78 is 0. The van der Waals surface area contributed by atoms with E-state index in [9.17, 15) is 0 Å². The molecule has 88 valence electrons. The third kappa shape index (κ3) is 2.97. The predicted octanol–water partition coefficient (Wildman–Crippen LogP) is 3.57. The minimum Gasteiger partial charge on any atom is -0.370 e. The van der Waals surface area contributed by atoms with Gasteiger partial charge in [-0.25, -0.2) is 4.98 Å². The first-order valence-electron chi connectivity index (χ1n) is 5.82. The summed E-state index contributed by atoms with van der Waals surface area (Å²) in [5.74, 6) is 0.895. The molecule has 0 bridgehead atoms. The first-order valence-corrected chi connectivity index (χ1v) is 5.82. The largest absolute Gasteiger partial charge is 0.370 e. The fourth-order valence-corrected chi connectivity index (χ4v) is 1.65. The van der Waals surface area contributed by atoms with Gasteiger partial charge in [-0.2, -0.15) is 0 Å². The second-order valence-electron chi connectivity index (χ2n) is 3.90. The van der Waals surface area contributed by atoms with E-state index in [1.54, 1.807) is 6.20 Å². The van der Waals surface area contributed by atoms with Crippen LogP contribution in [0.25, 0.3) is 0 Å². The molecule has 0 saturated carbocycles. The van der Waals surface area contributed by atoms with Crippen LogP contribution >= 0.6 is 0 Å². The van der Waals surface area contributed by atoms with E-state index in [2.05, 4.69) is 41.6 Å². The van der Waals surface area contributed by atoms with Crippen molar-refractivity contribution in [3.05, 3.63) is 48.2 Å². The molecule has 0 unspecified atom stereocenters. The third-order valence-electron chi connectivity index (χ3n) is 2.54. The minimum absolute atomic E-state index is 0.876. The third-order valence-corrected chi connectivity index (χ3v) is 2.54. The molecule has 0 saturated heterocycles. The van der Waals surface area contributed by atoms with E-state index in [-0.39, 0.29) is 0 Å². The molecule has 0 atom stereocenters. The van der Waals surface area contributed by atoms with Gasteiger partial charge in [0.1, 0.15) is 5.82 Å². The molecule has 2 rings (SSSR count). The summed E-state index contributed by atoms with van der Waals surface area (Å²) in [6.07, 6.45) is 1.80. The highest BCUT2D eigenvalue weighted by atomic mass is 15.0. The zero-order valence-corrected chi connectivity index (χ0v) is 10.2. The van der Waals surface area contributed by atoms with Crippen LogP contribution in [-0.2, 0) is 0 Å². The summed E-state index contributed by atoms with van der Waals surface area (Å²) in [6.45, 7) is 5.03. The fourth-order valence-electron chi connectivity index (χ4n) is 1.65. The molecule has 0 amide bonds. The molecule has 1 aromatic heterocycles. The van der Waals surface area contributed by atoms with Gasteiger partial charge in [-0.05, 0) is 31.5 Å². The Morgan fingerprint density at radius 3 is 2.76 bits per heavy atom. The average molecular weight is 227 g/mol. The number of para-hydroxylation sites is 1. The fraction of sp³-hybridized carbons (Fsp3) is 0.214. The number of anilines is 3. The van der Waals surface area contributed by atoms with Crippen LogP contribution in [0.3, 0.4) is 0 Å². The van der Waals surface area contributed by atoms with Crippen molar-refractivity contribution in [2.45, 2.75) is 13.8 Å². The van der Waals surface area contributed by atoms with Crippen LogP contribution in [0.15, 0.2) is 42.6 Å². The zero-order chi connectivity index (χ0) is 12.1. The molecule has 0 aliphatic rings. The highest BCUT2D eigenvalue weighted by Gasteiger charge is 1.99. The molecule has 2 N–H and O–H groups in total. The van der Waals surface area contributed by atoms with Crippen LogP contribution in [0.2, 0.25) is 0 Å².